The maximum absolute atomic E-state index is 12.7. The number of aromatic nitrogens is 1. The van der Waals surface area contributed by atoms with Gasteiger partial charge >= 0.3 is 12.1 Å². The molecule has 2 heterocycles. The third-order valence-electron chi connectivity index (χ3n) is 3.91. The highest BCUT2D eigenvalue weighted by Gasteiger charge is 2.31. The van der Waals surface area contributed by atoms with Gasteiger partial charge in [0.15, 0.2) is 0 Å². The monoisotopic (exact) mass is 352 g/mol. The molecule has 0 fully saturated rings. The Hall–Kier alpha value is -2.61. The number of halogens is 3. The van der Waals surface area contributed by atoms with E-state index in [4.69, 9.17) is 9.84 Å². The molecule has 8 heteroatoms. The van der Waals surface area contributed by atoms with Crippen molar-refractivity contribution >= 4 is 17.3 Å². The number of alkyl halides is 3. The highest BCUT2D eigenvalue weighted by Crippen LogP contribution is 2.35. The molecule has 1 unspecified atom stereocenters. The van der Waals surface area contributed by atoms with Crippen LogP contribution in [0.5, 0.6) is 0 Å². The maximum atomic E-state index is 12.7. The Kier molecular flexibility index (Phi) is 4.63. The third-order valence-corrected chi connectivity index (χ3v) is 3.91. The first-order valence-electron chi connectivity index (χ1n) is 7.56. The molecule has 25 heavy (non-hydrogen) atoms. The van der Waals surface area contributed by atoms with Crippen molar-refractivity contribution in [2.75, 3.05) is 18.1 Å². The number of anilines is 2. The summed E-state index contributed by atoms with van der Waals surface area (Å²) in [6, 6.07) is 8.39. The van der Waals surface area contributed by atoms with Crippen LogP contribution in [-0.4, -0.2) is 35.3 Å². The minimum Gasteiger partial charge on any atom is -0.480 e. The topological polar surface area (TPSA) is 62.7 Å². The lowest BCUT2D eigenvalue weighted by atomic mass is 10.0. The van der Waals surface area contributed by atoms with E-state index in [1.54, 1.807) is 17.2 Å². The predicted molar refractivity (Wildman–Crippen MR) is 83.8 cm³/mol. The van der Waals surface area contributed by atoms with E-state index >= 15 is 0 Å². The number of ether oxygens (including phenoxy) is 1. The second-order valence-corrected chi connectivity index (χ2v) is 5.66. The van der Waals surface area contributed by atoms with Gasteiger partial charge in [0.05, 0.1) is 23.0 Å². The Morgan fingerprint density at radius 1 is 1.28 bits per heavy atom. The van der Waals surface area contributed by atoms with Gasteiger partial charge in [-0.3, -0.25) is 4.98 Å². The Morgan fingerprint density at radius 3 is 2.64 bits per heavy atom. The molecule has 132 valence electrons. The van der Waals surface area contributed by atoms with Gasteiger partial charge in [-0.2, -0.15) is 13.2 Å². The van der Waals surface area contributed by atoms with Gasteiger partial charge in [0.25, 0.3) is 0 Å². The van der Waals surface area contributed by atoms with Gasteiger partial charge in [-0.25, -0.2) is 4.79 Å². The van der Waals surface area contributed by atoms with E-state index in [1.165, 1.54) is 12.1 Å². The van der Waals surface area contributed by atoms with Crippen LogP contribution in [0.3, 0.4) is 0 Å². The van der Waals surface area contributed by atoms with E-state index in [9.17, 15) is 18.0 Å². The van der Waals surface area contributed by atoms with Crippen molar-refractivity contribution < 1.29 is 27.8 Å². The summed E-state index contributed by atoms with van der Waals surface area (Å²) in [6.45, 7) is -0.106. The van der Waals surface area contributed by atoms with Gasteiger partial charge < -0.3 is 14.7 Å². The van der Waals surface area contributed by atoms with E-state index in [0.717, 1.165) is 17.8 Å². The maximum Gasteiger partial charge on any atom is 0.416 e. The summed E-state index contributed by atoms with van der Waals surface area (Å²) < 4.78 is 43.6. The Labute approximate surface area is 141 Å². The van der Waals surface area contributed by atoms with Crippen molar-refractivity contribution in [1.29, 1.82) is 0 Å². The summed E-state index contributed by atoms with van der Waals surface area (Å²) in [4.78, 5) is 16.8. The summed E-state index contributed by atoms with van der Waals surface area (Å²) in [5.41, 5.74) is 1.32. The van der Waals surface area contributed by atoms with Crippen molar-refractivity contribution in [2.45, 2.75) is 18.7 Å². The number of pyridine rings is 1. The van der Waals surface area contributed by atoms with Gasteiger partial charge in [0, 0.05) is 24.8 Å². The minimum absolute atomic E-state index is 0.331. The molecule has 1 aromatic carbocycles. The molecule has 0 saturated carbocycles. The van der Waals surface area contributed by atoms with Crippen molar-refractivity contribution in [2.24, 2.45) is 0 Å². The third kappa shape index (κ3) is 3.90. The van der Waals surface area contributed by atoms with Gasteiger partial charge in [-0.15, -0.1) is 0 Å². The number of hydrogen-bond donors (Lipinski definition) is 1. The second-order valence-electron chi connectivity index (χ2n) is 5.66. The summed E-state index contributed by atoms with van der Waals surface area (Å²) in [5, 5.41) is 8.77. The molecular formula is C17H15F3N2O3. The Balaban J connectivity index is 1.89. The zero-order chi connectivity index (χ0) is 18.0. The molecule has 1 aliphatic heterocycles. The fourth-order valence-electron chi connectivity index (χ4n) is 2.79. The number of benzene rings is 1. The van der Waals surface area contributed by atoms with Crippen molar-refractivity contribution in [3.05, 3.63) is 53.9 Å². The summed E-state index contributed by atoms with van der Waals surface area (Å²) in [5.74, 6) is -1.08. The number of aliphatic carboxylic acids is 1. The van der Waals surface area contributed by atoms with Crippen LogP contribution in [0.25, 0.3) is 0 Å². The Bertz CT molecular complexity index is 762. The fraction of sp³-hybridized carbons (Fsp3) is 0.294. The van der Waals surface area contributed by atoms with Crippen LogP contribution in [0.2, 0.25) is 0 Å². The highest BCUT2D eigenvalue weighted by atomic mass is 19.4. The van der Waals surface area contributed by atoms with Gasteiger partial charge in [0.2, 0.25) is 0 Å². The molecule has 5 nitrogen and oxygen atoms in total. The van der Waals surface area contributed by atoms with Crippen LogP contribution in [-0.2, 0) is 22.1 Å². The number of hydrogen-bond acceptors (Lipinski definition) is 4. The number of carboxylic acids is 1. The van der Waals surface area contributed by atoms with Crippen LogP contribution in [0, 0.1) is 0 Å². The number of fused-ring (bicyclic) bond motifs is 1. The molecule has 2 aromatic rings. The molecule has 3 rings (SSSR count). The number of carbonyl (C=O) groups is 1. The quantitative estimate of drug-likeness (QED) is 0.915. The van der Waals surface area contributed by atoms with Gasteiger partial charge in [-0.1, -0.05) is 0 Å². The summed E-state index contributed by atoms with van der Waals surface area (Å²) in [7, 11) is 0. The molecule has 1 aromatic heterocycles. The first kappa shape index (κ1) is 17.2. The zero-order valence-corrected chi connectivity index (χ0v) is 13.0. The Morgan fingerprint density at radius 2 is 2.00 bits per heavy atom. The van der Waals surface area contributed by atoms with Crippen LogP contribution >= 0.6 is 0 Å². The molecule has 0 aliphatic carbocycles. The molecular weight excluding hydrogens is 337 g/mol. The van der Waals surface area contributed by atoms with E-state index in [2.05, 4.69) is 4.98 Å². The fourth-order valence-corrected chi connectivity index (χ4v) is 2.79. The first-order valence-corrected chi connectivity index (χ1v) is 7.56. The first-order chi connectivity index (χ1) is 11.8. The van der Waals surface area contributed by atoms with Crippen LogP contribution in [0.15, 0.2) is 42.6 Å². The van der Waals surface area contributed by atoms with Crippen molar-refractivity contribution in [3.63, 3.8) is 0 Å². The molecule has 0 bridgehead atoms. The lowest BCUT2D eigenvalue weighted by Crippen LogP contribution is -2.38. The molecule has 1 N–H and O–H groups in total. The molecule has 1 aliphatic rings. The molecule has 0 spiro atoms. The molecule has 0 saturated heterocycles. The van der Waals surface area contributed by atoms with E-state index in [1.807, 2.05) is 6.07 Å². The van der Waals surface area contributed by atoms with E-state index in [-0.39, 0.29) is 0 Å². The van der Waals surface area contributed by atoms with Crippen molar-refractivity contribution in [3.8, 4) is 0 Å². The van der Waals surface area contributed by atoms with Gasteiger partial charge in [-0.05, 0) is 36.4 Å². The van der Waals surface area contributed by atoms with Gasteiger partial charge in [0.1, 0.15) is 6.61 Å². The lowest BCUT2D eigenvalue weighted by Gasteiger charge is -2.35. The average Bonchev–Trinajstić information content (AvgIpc) is 2.58. The normalized spacial score (nSPS) is 17.2. The molecule has 1 atom stereocenters. The summed E-state index contributed by atoms with van der Waals surface area (Å²) >= 11 is 0. The van der Waals surface area contributed by atoms with E-state index < -0.39 is 30.4 Å². The van der Waals surface area contributed by atoms with Crippen LogP contribution in [0.1, 0.15) is 11.3 Å². The number of carboxylic acid groups (broad SMARTS) is 1. The van der Waals surface area contributed by atoms with Crippen LogP contribution in [0.4, 0.5) is 24.5 Å². The SMILES string of the molecule is O=C(O)COC1Cc2ncccc2N(c2ccc(C(F)(F)F)cc2)C1. The molecule has 0 radical (unpaired) electrons. The number of rotatable bonds is 4. The van der Waals surface area contributed by atoms with E-state index in [0.29, 0.717) is 24.3 Å². The molecule has 0 amide bonds. The lowest BCUT2D eigenvalue weighted by molar-refractivity contribution is -0.144. The second kappa shape index (κ2) is 6.72. The zero-order valence-electron chi connectivity index (χ0n) is 13.0. The predicted octanol–water partition coefficient (Wildman–Crippen LogP) is 3.26. The van der Waals surface area contributed by atoms with Crippen LogP contribution < -0.4 is 4.90 Å². The number of nitrogens with zero attached hydrogens (tertiary/aromatic N) is 2. The smallest absolute Gasteiger partial charge is 0.416 e. The minimum atomic E-state index is -4.40. The summed E-state index contributed by atoms with van der Waals surface area (Å²) in [6.07, 6.45) is -2.75. The standard InChI is InChI=1S/C17H15F3N2O3/c18-17(19,20)11-3-5-12(6-4-11)22-9-13(25-10-16(23)24)8-14-15(22)2-1-7-21-14/h1-7,13H,8-10H2,(H,23,24). The highest BCUT2D eigenvalue weighted by molar-refractivity contribution is 5.69. The van der Waals surface area contributed by atoms with Crippen molar-refractivity contribution in [1.82, 2.24) is 4.98 Å². The largest absolute Gasteiger partial charge is 0.480 e. The average molecular weight is 352 g/mol.